The van der Waals surface area contributed by atoms with Gasteiger partial charge in [-0.1, -0.05) is 36.4 Å². The molecule has 0 amide bonds. The van der Waals surface area contributed by atoms with Crippen molar-refractivity contribution in [2.45, 2.75) is 44.5 Å². The number of rotatable bonds is 1. The zero-order valence-corrected chi connectivity index (χ0v) is 18.4. The van der Waals surface area contributed by atoms with Gasteiger partial charge < -0.3 is 24.8 Å². The third-order valence-electron chi connectivity index (χ3n) is 8.14. The highest BCUT2D eigenvalue weighted by Gasteiger charge is 2.41. The first-order valence-corrected chi connectivity index (χ1v) is 12.1. The van der Waals surface area contributed by atoms with Crippen molar-refractivity contribution in [1.82, 2.24) is 9.88 Å². The highest BCUT2D eigenvalue weighted by atomic mass is 16.5. The first-order valence-electron chi connectivity index (χ1n) is 12.1. The maximum atomic E-state index is 10.7. The van der Waals surface area contributed by atoms with Gasteiger partial charge in [0, 0.05) is 23.5 Å². The van der Waals surface area contributed by atoms with Gasteiger partial charge in [-0.25, -0.2) is 0 Å². The molecular formula is C27H32N2O3. The molecule has 1 saturated carbocycles. The molecule has 3 aromatic rings. The largest absolute Gasteiger partial charge is 0.396 e. The molecule has 0 spiro atoms. The van der Waals surface area contributed by atoms with Crippen molar-refractivity contribution in [2.24, 2.45) is 17.8 Å². The Morgan fingerprint density at radius 2 is 1.91 bits per heavy atom. The molecule has 5 atom stereocenters. The SMILES string of the molecule is OC[C@@H]1[C@H]2CC3OCc4ccccc4-n4c3c(c3ccccc34)CCNC[C@@H]2CC[C@@H]1O. The van der Waals surface area contributed by atoms with Gasteiger partial charge in [0.25, 0.3) is 0 Å². The summed E-state index contributed by atoms with van der Waals surface area (Å²) in [5, 5.41) is 25.9. The Kier molecular flexibility index (Phi) is 5.30. The lowest BCUT2D eigenvalue weighted by Crippen LogP contribution is -2.45. The van der Waals surface area contributed by atoms with Crippen LogP contribution in [0.4, 0.5) is 0 Å². The molecule has 3 heterocycles. The minimum Gasteiger partial charge on any atom is -0.396 e. The number of aliphatic hydroxyl groups excluding tert-OH is 2. The maximum Gasteiger partial charge on any atom is 0.0988 e. The zero-order valence-electron chi connectivity index (χ0n) is 18.4. The van der Waals surface area contributed by atoms with E-state index in [4.69, 9.17) is 4.74 Å². The smallest absolute Gasteiger partial charge is 0.0988 e. The lowest BCUT2D eigenvalue weighted by atomic mass is 9.68. The molecule has 5 nitrogen and oxygen atoms in total. The molecule has 6 rings (SSSR count). The number of fused-ring (bicyclic) bond motifs is 6. The second-order valence-electron chi connectivity index (χ2n) is 9.75. The Bertz CT molecular complexity index is 1120. The summed E-state index contributed by atoms with van der Waals surface area (Å²) in [6.45, 7) is 2.48. The van der Waals surface area contributed by atoms with Crippen LogP contribution in [0.2, 0.25) is 0 Å². The van der Waals surface area contributed by atoms with Crippen LogP contribution in [0.1, 0.15) is 42.2 Å². The average molecular weight is 433 g/mol. The Balaban J connectivity index is 1.55. The molecule has 32 heavy (non-hydrogen) atoms. The summed E-state index contributed by atoms with van der Waals surface area (Å²) in [5.74, 6) is 0.578. The van der Waals surface area contributed by atoms with Gasteiger partial charge in [0.1, 0.15) is 0 Å². The van der Waals surface area contributed by atoms with Crippen LogP contribution in [0.5, 0.6) is 0 Å². The van der Waals surface area contributed by atoms with Crippen molar-refractivity contribution in [2.75, 3.05) is 19.7 Å². The van der Waals surface area contributed by atoms with Gasteiger partial charge >= 0.3 is 0 Å². The first-order chi connectivity index (χ1) is 15.8. The molecule has 3 N–H and O–H groups in total. The van der Waals surface area contributed by atoms with Crippen molar-refractivity contribution in [3.8, 4) is 5.69 Å². The van der Waals surface area contributed by atoms with E-state index >= 15 is 0 Å². The predicted octanol–water partition coefficient (Wildman–Crippen LogP) is 3.73. The second-order valence-corrected chi connectivity index (χ2v) is 9.75. The molecule has 0 radical (unpaired) electrons. The van der Waals surface area contributed by atoms with Gasteiger partial charge in [-0.3, -0.25) is 0 Å². The van der Waals surface area contributed by atoms with Crippen LogP contribution in [-0.4, -0.2) is 40.6 Å². The van der Waals surface area contributed by atoms with Crippen LogP contribution in [0.25, 0.3) is 16.6 Å². The van der Waals surface area contributed by atoms with E-state index in [9.17, 15) is 10.2 Å². The van der Waals surface area contributed by atoms with Gasteiger partial charge in [-0.05, 0) is 68.3 Å². The number of para-hydroxylation sites is 2. The molecular weight excluding hydrogens is 400 g/mol. The van der Waals surface area contributed by atoms with E-state index in [2.05, 4.69) is 58.4 Å². The van der Waals surface area contributed by atoms with Gasteiger partial charge in [0.05, 0.1) is 35.7 Å². The topological polar surface area (TPSA) is 66.7 Å². The molecule has 0 saturated heterocycles. The lowest BCUT2D eigenvalue weighted by molar-refractivity contribution is -0.0578. The quantitative estimate of drug-likeness (QED) is 0.548. The fourth-order valence-corrected chi connectivity index (χ4v) is 6.56. The number of ether oxygens (including phenoxy) is 1. The van der Waals surface area contributed by atoms with Crippen LogP contribution in [0.15, 0.2) is 48.5 Å². The number of benzene rings is 2. The summed E-state index contributed by atoms with van der Waals surface area (Å²) in [4.78, 5) is 0. The minimum atomic E-state index is -0.433. The van der Waals surface area contributed by atoms with Crippen molar-refractivity contribution < 1.29 is 14.9 Å². The fraction of sp³-hybridized carbons (Fsp3) is 0.481. The van der Waals surface area contributed by atoms with Gasteiger partial charge in [0.15, 0.2) is 0 Å². The minimum absolute atomic E-state index is 0.0329. The van der Waals surface area contributed by atoms with E-state index in [1.54, 1.807) is 0 Å². The normalized spacial score (nSPS) is 30.1. The van der Waals surface area contributed by atoms with E-state index in [1.807, 2.05) is 0 Å². The zero-order chi connectivity index (χ0) is 21.7. The van der Waals surface area contributed by atoms with Gasteiger partial charge in [-0.2, -0.15) is 0 Å². The average Bonchev–Trinajstić information content (AvgIpc) is 3.05. The molecule has 1 aromatic heterocycles. The van der Waals surface area contributed by atoms with Crippen LogP contribution in [0.3, 0.4) is 0 Å². The highest BCUT2D eigenvalue weighted by Crippen LogP contribution is 2.46. The molecule has 1 aliphatic carbocycles. The van der Waals surface area contributed by atoms with Gasteiger partial charge in [-0.15, -0.1) is 0 Å². The lowest BCUT2D eigenvalue weighted by Gasteiger charge is -2.42. The Hall–Kier alpha value is -2.18. The number of hydrogen-bond acceptors (Lipinski definition) is 4. The third kappa shape index (κ3) is 3.22. The molecule has 2 aromatic carbocycles. The Morgan fingerprint density at radius 3 is 2.81 bits per heavy atom. The number of aliphatic hydroxyl groups is 2. The number of nitrogens with one attached hydrogen (secondary N) is 1. The van der Waals surface area contributed by atoms with Crippen molar-refractivity contribution in [3.05, 3.63) is 65.4 Å². The summed E-state index contributed by atoms with van der Waals surface area (Å²) in [5.41, 5.74) is 6.27. The van der Waals surface area contributed by atoms with Crippen LogP contribution >= 0.6 is 0 Å². The summed E-state index contributed by atoms with van der Waals surface area (Å²) in [6.07, 6.45) is 3.07. The molecule has 1 unspecified atom stereocenters. The van der Waals surface area contributed by atoms with Gasteiger partial charge in [0.2, 0.25) is 0 Å². The van der Waals surface area contributed by atoms with Crippen LogP contribution in [0, 0.1) is 17.8 Å². The standard InChI is InChI=1S/C27H32N2O3/c30-15-22-21-13-26-27-20(11-12-28-14-17(21)9-10-25(22)31)19-6-2-4-8-24(19)29(27)23-7-3-1-5-18(23)16-32-26/h1-8,17,21-22,25-26,28,30-31H,9-16H2/t17-,21-,22+,25-,26?/m0/s1. The summed E-state index contributed by atoms with van der Waals surface area (Å²) in [6, 6.07) is 17.3. The fourth-order valence-electron chi connectivity index (χ4n) is 6.56. The highest BCUT2D eigenvalue weighted by molar-refractivity contribution is 5.88. The van der Waals surface area contributed by atoms with E-state index in [0.29, 0.717) is 12.5 Å². The first kappa shape index (κ1) is 20.4. The molecule has 2 aliphatic heterocycles. The third-order valence-corrected chi connectivity index (χ3v) is 8.14. The number of hydrogen-bond donors (Lipinski definition) is 3. The van der Waals surface area contributed by atoms with E-state index in [0.717, 1.165) is 38.8 Å². The predicted molar refractivity (Wildman–Crippen MR) is 125 cm³/mol. The van der Waals surface area contributed by atoms with Crippen molar-refractivity contribution in [3.63, 3.8) is 0 Å². The summed E-state index contributed by atoms with van der Waals surface area (Å²) < 4.78 is 9.10. The van der Waals surface area contributed by atoms with E-state index in [1.165, 1.54) is 33.4 Å². The Labute approximate surface area is 189 Å². The molecule has 168 valence electrons. The maximum absolute atomic E-state index is 10.7. The molecule has 1 fully saturated rings. The second kappa shape index (κ2) is 8.31. The van der Waals surface area contributed by atoms with E-state index in [-0.39, 0.29) is 24.5 Å². The molecule has 5 heteroatoms. The summed E-state index contributed by atoms with van der Waals surface area (Å²) in [7, 11) is 0. The number of nitrogens with zero attached hydrogens (tertiary/aromatic N) is 1. The monoisotopic (exact) mass is 432 g/mol. The molecule has 3 aliphatic rings. The molecule has 0 bridgehead atoms. The van der Waals surface area contributed by atoms with E-state index < -0.39 is 6.10 Å². The Morgan fingerprint density at radius 1 is 1.06 bits per heavy atom. The van der Waals surface area contributed by atoms with Crippen LogP contribution < -0.4 is 5.32 Å². The van der Waals surface area contributed by atoms with Crippen LogP contribution in [-0.2, 0) is 17.8 Å². The summed E-state index contributed by atoms with van der Waals surface area (Å²) >= 11 is 0. The number of aromatic nitrogens is 1. The van der Waals surface area contributed by atoms with Crippen molar-refractivity contribution >= 4 is 10.9 Å². The van der Waals surface area contributed by atoms with Crippen molar-refractivity contribution in [1.29, 1.82) is 0 Å².